The van der Waals surface area contributed by atoms with Crippen LogP contribution in [0.5, 0.6) is 5.75 Å². The van der Waals surface area contributed by atoms with E-state index in [0.29, 0.717) is 26.1 Å². The van der Waals surface area contributed by atoms with E-state index in [1.54, 1.807) is 11.3 Å². The van der Waals surface area contributed by atoms with Crippen molar-refractivity contribution in [2.75, 3.05) is 20.3 Å². The average molecular weight is 419 g/mol. The van der Waals surface area contributed by atoms with Crippen molar-refractivity contribution in [3.05, 3.63) is 54.1 Å². The smallest absolute Gasteiger partial charge is 0.248 e. The molecule has 2 aromatic carbocycles. The molecule has 5 heteroatoms. The van der Waals surface area contributed by atoms with Crippen molar-refractivity contribution < 1.29 is 18.3 Å². The molecule has 3 aromatic rings. The highest BCUT2D eigenvalue weighted by atomic mass is 32.1. The summed E-state index contributed by atoms with van der Waals surface area (Å²) >= 11 is 1.74. The fourth-order valence-corrected chi connectivity index (χ4v) is 4.58. The lowest BCUT2D eigenvalue weighted by molar-refractivity contribution is -0.0268. The number of fused-ring (bicyclic) bond motifs is 1. The topological polar surface area (TPSA) is 18.5 Å². The number of halogens is 2. The van der Waals surface area contributed by atoms with Gasteiger partial charge in [0, 0.05) is 36.1 Å². The fourth-order valence-electron chi connectivity index (χ4n) is 3.42. The third kappa shape index (κ3) is 6.00. The fraction of sp³-hybridized carbons (Fsp3) is 0.417. The summed E-state index contributed by atoms with van der Waals surface area (Å²) in [5, 5.41) is 1.17. The van der Waals surface area contributed by atoms with Crippen LogP contribution in [0.4, 0.5) is 8.78 Å². The lowest BCUT2D eigenvalue weighted by Gasteiger charge is -2.16. The minimum atomic E-state index is -2.65. The molecule has 0 spiro atoms. The van der Waals surface area contributed by atoms with Crippen molar-refractivity contribution in [1.29, 1.82) is 0 Å². The van der Waals surface area contributed by atoms with Gasteiger partial charge in [-0.05, 0) is 60.0 Å². The van der Waals surface area contributed by atoms with E-state index in [9.17, 15) is 8.78 Å². The molecule has 29 heavy (non-hydrogen) atoms. The molecule has 0 bridgehead atoms. The van der Waals surface area contributed by atoms with Gasteiger partial charge in [0.2, 0.25) is 5.92 Å². The molecule has 0 saturated carbocycles. The van der Waals surface area contributed by atoms with Gasteiger partial charge < -0.3 is 9.47 Å². The Labute approximate surface area is 175 Å². The number of methoxy groups -OCH3 is 1. The molecule has 0 aliphatic carbocycles. The predicted molar refractivity (Wildman–Crippen MR) is 117 cm³/mol. The molecule has 3 rings (SSSR count). The van der Waals surface area contributed by atoms with Gasteiger partial charge >= 0.3 is 0 Å². The first-order chi connectivity index (χ1) is 14.0. The Hall–Kier alpha value is -1.98. The first-order valence-electron chi connectivity index (χ1n) is 10.1. The van der Waals surface area contributed by atoms with Crippen LogP contribution in [0.25, 0.3) is 20.5 Å². The van der Waals surface area contributed by atoms with Crippen LogP contribution >= 0.6 is 11.3 Å². The molecule has 0 unspecified atom stereocenters. The van der Waals surface area contributed by atoms with Gasteiger partial charge in [-0.1, -0.05) is 31.2 Å². The van der Waals surface area contributed by atoms with E-state index in [1.807, 2.05) is 18.2 Å². The minimum absolute atomic E-state index is 0.135. The van der Waals surface area contributed by atoms with Crippen molar-refractivity contribution in [2.24, 2.45) is 0 Å². The molecule has 0 amide bonds. The van der Waals surface area contributed by atoms with E-state index >= 15 is 0 Å². The number of benzene rings is 2. The van der Waals surface area contributed by atoms with Gasteiger partial charge in [-0.25, -0.2) is 8.78 Å². The summed E-state index contributed by atoms with van der Waals surface area (Å²) in [6.45, 7) is 2.83. The van der Waals surface area contributed by atoms with Crippen molar-refractivity contribution in [3.63, 3.8) is 0 Å². The Morgan fingerprint density at radius 3 is 2.48 bits per heavy atom. The molecule has 0 aliphatic rings. The maximum Gasteiger partial charge on any atom is 0.248 e. The quantitative estimate of drug-likeness (QED) is 0.303. The molecule has 1 heterocycles. The summed E-state index contributed by atoms with van der Waals surface area (Å²) in [5.41, 5.74) is 2.61. The Balaban J connectivity index is 1.59. The average Bonchev–Trinajstić information content (AvgIpc) is 3.14. The number of rotatable bonds is 11. The molecule has 2 nitrogen and oxygen atoms in total. The second-order valence-electron chi connectivity index (χ2n) is 7.23. The van der Waals surface area contributed by atoms with Crippen LogP contribution in [0, 0.1) is 0 Å². The molecule has 0 atom stereocenters. The molecule has 0 saturated heterocycles. The number of aryl methyl sites for hydroxylation is 1. The third-order valence-electron chi connectivity index (χ3n) is 5.00. The molecule has 156 valence electrons. The largest absolute Gasteiger partial charge is 0.494 e. The van der Waals surface area contributed by atoms with Gasteiger partial charge in [0.25, 0.3) is 0 Å². The molecule has 0 radical (unpaired) electrons. The highest BCUT2D eigenvalue weighted by Crippen LogP contribution is 2.37. The monoisotopic (exact) mass is 418 g/mol. The molecule has 1 aromatic heterocycles. The minimum Gasteiger partial charge on any atom is -0.494 e. The summed E-state index contributed by atoms with van der Waals surface area (Å²) in [5.74, 6) is -1.92. The Kier molecular flexibility index (Phi) is 7.62. The zero-order valence-corrected chi connectivity index (χ0v) is 17.9. The number of thiophene rings is 1. The van der Waals surface area contributed by atoms with Gasteiger partial charge in [-0.15, -0.1) is 11.3 Å². The van der Waals surface area contributed by atoms with Gasteiger partial charge in [0.05, 0.1) is 6.61 Å². The maximum atomic E-state index is 13.8. The SMILES string of the molecule is CCc1ccccc1-c1cc2ccc(OCCCC(F)(F)CCCOC)cc2s1. The third-order valence-corrected chi connectivity index (χ3v) is 6.13. The number of alkyl halides is 2. The van der Waals surface area contributed by atoms with Gasteiger partial charge in [0.15, 0.2) is 0 Å². The van der Waals surface area contributed by atoms with Crippen LogP contribution in [0.15, 0.2) is 48.5 Å². The van der Waals surface area contributed by atoms with Crippen molar-refractivity contribution in [3.8, 4) is 16.2 Å². The molecule has 0 aliphatic heterocycles. The highest BCUT2D eigenvalue weighted by molar-refractivity contribution is 7.22. The molecule has 0 fully saturated rings. The first-order valence-corrected chi connectivity index (χ1v) is 11.0. The van der Waals surface area contributed by atoms with E-state index in [-0.39, 0.29) is 12.8 Å². The lowest BCUT2D eigenvalue weighted by Crippen LogP contribution is -2.18. The summed E-state index contributed by atoms with van der Waals surface area (Å²) in [7, 11) is 1.53. The normalized spacial score (nSPS) is 11.9. The highest BCUT2D eigenvalue weighted by Gasteiger charge is 2.27. The summed E-state index contributed by atoms with van der Waals surface area (Å²) < 4.78 is 39.3. The second-order valence-corrected chi connectivity index (χ2v) is 8.31. The molecular formula is C24H28F2O2S. The Morgan fingerprint density at radius 1 is 0.966 bits per heavy atom. The van der Waals surface area contributed by atoms with Crippen molar-refractivity contribution in [1.82, 2.24) is 0 Å². The van der Waals surface area contributed by atoms with Gasteiger partial charge in [-0.2, -0.15) is 0 Å². The zero-order chi connectivity index (χ0) is 20.7. The van der Waals surface area contributed by atoms with Crippen molar-refractivity contribution in [2.45, 2.75) is 45.0 Å². The molecule has 0 N–H and O–H groups in total. The van der Waals surface area contributed by atoms with Gasteiger partial charge in [0.1, 0.15) is 5.75 Å². The van der Waals surface area contributed by atoms with E-state index in [4.69, 9.17) is 9.47 Å². The number of hydrogen-bond donors (Lipinski definition) is 0. The zero-order valence-electron chi connectivity index (χ0n) is 17.0. The van der Waals surface area contributed by atoms with Crippen LogP contribution in [-0.4, -0.2) is 26.2 Å². The van der Waals surface area contributed by atoms with Crippen LogP contribution in [0.3, 0.4) is 0 Å². The van der Waals surface area contributed by atoms with Crippen LogP contribution in [0.2, 0.25) is 0 Å². The lowest BCUT2D eigenvalue weighted by atomic mass is 10.0. The Morgan fingerprint density at radius 2 is 1.72 bits per heavy atom. The Bertz CT molecular complexity index is 920. The maximum absolute atomic E-state index is 13.8. The van der Waals surface area contributed by atoms with E-state index in [2.05, 4.69) is 37.3 Å². The van der Waals surface area contributed by atoms with Gasteiger partial charge in [-0.3, -0.25) is 0 Å². The summed E-state index contributed by atoms with van der Waals surface area (Å²) in [4.78, 5) is 1.24. The van der Waals surface area contributed by atoms with E-state index in [1.165, 1.54) is 28.5 Å². The van der Waals surface area contributed by atoms with Crippen LogP contribution in [0.1, 0.15) is 38.2 Å². The first kappa shape index (κ1) is 21.7. The predicted octanol–water partition coefficient (Wildman–Crippen LogP) is 7.35. The van der Waals surface area contributed by atoms with E-state index < -0.39 is 5.92 Å². The second kappa shape index (κ2) is 10.2. The van der Waals surface area contributed by atoms with Crippen LogP contribution < -0.4 is 4.74 Å². The standard InChI is InChI=1S/C24H28F2O2S/c1-3-18-8-4-5-9-21(18)23-16-19-10-11-20(17-22(19)29-23)28-15-7-13-24(25,26)12-6-14-27-2/h4-5,8-11,16-17H,3,6-7,12-15H2,1-2H3. The number of ether oxygens (including phenoxy) is 2. The van der Waals surface area contributed by atoms with Crippen LogP contribution in [-0.2, 0) is 11.2 Å². The van der Waals surface area contributed by atoms with E-state index in [0.717, 1.165) is 16.9 Å². The molecular weight excluding hydrogens is 390 g/mol. The summed E-state index contributed by atoms with van der Waals surface area (Å²) in [6, 6.07) is 16.6. The number of hydrogen-bond acceptors (Lipinski definition) is 3. The van der Waals surface area contributed by atoms with Crippen molar-refractivity contribution >= 4 is 21.4 Å². The summed E-state index contributed by atoms with van der Waals surface area (Å²) in [6.07, 6.45) is 1.41.